The molecule has 0 saturated carbocycles. The maximum Gasteiger partial charge on any atom is 0.251 e. The highest BCUT2D eigenvalue weighted by Crippen LogP contribution is 2.12. The minimum atomic E-state index is -3.22. The molecular weight excluding hydrogens is 297 g/mol. The smallest absolute Gasteiger partial charge is 0.251 e. The Labute approximate surface area is 124 Å². The molecule has 8 heteroatoms. The van der Waals surface area contributed by atoms with E-state index >= 15 is 0 Å². The highest BCUT2D eigenvalue weighted by Gasteiger charge is 2.13. The Kier molecular flexibility index (Phi) is 6.10. The number of rotatable bonds is 7. The number of sulfonamides is 1. The topological polar surface area (TPSA) is 92.5 Å². The summed E-state index contributed by atoms with van der Waals surface area (Å²) in [6, 6.07) is 3.74. The Morgan fingerprint density at radius 1 is 1.43 bits per heavy atom. The van der Waals surface area contributed by atoms with Crippen LogP contribution in [0.3, 0.4) is 0 Å². The lowest BCUT2D eigenvalue weighted by molar-refractivity contribution is 0.0953. The van der Waals surface area contributed by atoms with E-state index in [1.54, 1.807) is 6.92 Å². The molecule has 0 spiro atoms. The Bertz CT molecular complexity index is 605. The van der Waals surface area contributed by atoms with Gasteiger partial charge in [0.2, 0.25) is 10.0 Å². The number of anilines is 1. The third kappa shape index (κ3) is 5.31. The zero-order chi connectivity index (χ0) is 16.0. The van der Waals surface area contributed by atoms with Crippen molar-refractivity contribution >= 4 is 21.6 Å². The molecule has 0 aromatic heterocycles. The number of benzene rings is 1. The summed E-state index contributed by atoms with van der Waals surface area (Å²) in [5, 5.41) is 2.64. The second kappa shape index (κ2) is 7.37. The molecule has 1 rings (SSSR count). The normalized spacial score (nSPS) is 11.6. The van der Waals surface area contributed by atoms with Crippen LogP contribution >= 0.6 is 0 Å². The number of nitrogens with one attached hydrogen (secondary N) is 1. The van der Waals surface area contributed by atoms with Crippen molar-refractivity contribution in [1.82, 2.24) is 9.62 Å². The molecule has 0 unspecified atom stereocenters. The first-order valence-corrected chi connectivity index (χ1v) is 8.39. The van der Waals surface area contributed by atoms with Crippen molar-refractivity contribution in [2.24, 2.45) is 0 Å². The van der Waals surface area contributed by atoms with E-state index in [0.717, 1.165) is 12.3 Å². The van der Waals surface area contributed by atoms with Crippen molar-refractivity contribution in [1.29, 1.82) is 0 Å². The lowest BCUT2D eigenvalue weighted by Crippen LogP contribution is -2.33. The maximum atomic E-state index is 13.0. The van der Waals surface area contributed by atoms with Crippen LogP contribution in [0.4, 0.5) is 10.1 Å². The van der Waals surface area contributed by atoms with Crippen LogP contribution in [0.2, 0.25) is 0 Å². The first-order chi connectivity index (χ1) is 9.75. The Hall–Kier alpha value is -1.67. The van der Waals surface area contributed by atoms with Crippen LogP contribution in [0.25, 0.3) is 0 Å². The van der Waals surface area contributed by atoms with Crippen LogP contribution in [0, 0.1) is 5.82 Å². The van der Waals surface area contributed by atoms with Gasteiger partial charge in [-0.2, -0.15) is 0 Å². The molecular formula is C13H20FN3O3S. The van der Waals surface area contributed by atoms with Crippen molar-refractivity contribution in [3.63, 3.8) is 0 Å². The Balaban J connectivity index is 2.45. The number of nitrogen functional groups attached to an aromatic ring is 1. The first kappa shape index (κ1) is 17.4. The lowest BCUT2D eigenvalue weighted by Gasteiger charge is -2.17. The van der Waals surface area contributed by atoms with Crippen molar-refractivity contribution in [2.45, 2.75) is 13.3 Å². The van der Waals surface area contributed by atoms with Gasteiger partial charge in [0.25, 0.3) is 5.91 Å². The monoisotopic (exact) mass is 317 g/mol. The van der Waals surface area contributed by atoms with E-state index in [2.05, 4.69) is 5.32 Å². The van der Waals surface area contributed by atoms with Gasteiger partial charge in [0, 0.05) is 25.2 Å². The van der Waals surface area contributed by atoms with Crippen molar-refractivity contribution in [3.8, 4) is 0 Å². The fourth-order valence-electron chi connectivity index (χ4n) is 1.80. The summed E-state index contributed by atoms with van der Waals surface area (Å²) in [5.74, 6) is -0.942. The molecule has 3 N–H and O–H groups in total. The zero-order valence-electron chi connectivity index (χ0n) is 12.1. The standard InChI is InChI=1S/C13H20FN3O3S/c1-3-17(21(2,19)20)8-4-7-16-13(18)10-5-6-11(14)12(15)9-10/h5-6,9H,3-4,7-8,15H2,1-2H3,(H,16,18). The summed E-state index contributed by atoms with van der Waals surface area (Å²) < 4.78 is 37.1. The third-order valence-electron chi connectivity index (χ3n) is 2.95. The second-order valence-electron chi connectivity index (χ2n) is 4.60. The average molecular weight is 317 g/mol. The number of carbonyl (C=O) groups is 1. The summed E-state index contributed by atoms with van der Waals surface area (Å²) in [6.07, 6.45) is 1.64. The van der Waals surface area contributed by atoms with Crippen LogP contribution in [0.1, 0.15) is 23.7 Å². The van der Waals surface area contributed by atoms with E-state index in [-0.39, 0.29) is 17.2 Å². The first-order valence-electron chi connectivity index (χ1n) is 6.54. The Morgan fingerprint density at radius 3 is 2.62 bits per heavy atom. The summed E-state index contributed by atoms with van der Waals surface area (Å²) in [4.78, 5) is 11.8. The molecule has 21 heavy (non-hydrogen) atoms. The SMILES string of the molecule is CCN(CCCNC(=O)c1ccc(F)c(N)c1)S(C)(=O)=O. The van der Waals surface area contributed by atoms with Crippen LogP contribution in [0.15, 0.2) is 18.2 Å². The fraction of sp³-hybridized carbons (Fsp3) is 0.462. The van der Waals surface area contributed by atoms with Crippen LogP contribution < -0.4 is 11.1 Å². The highest BCUT2D eigenvalue weighted by molar-refractivity contribution is 7.88. The van der Waals surface area contributed by atoms with Gasteiger partial charge in [-0.3, -0.25) is 4.79 Å². The number of nitrogens with zero attached hydrogens (tertiary/aromatic N) is 1. The van der Waals surface area contributed by atoms with Gasteiger partial charge >= 0.3 is 0 Å². The maximum absolute atomic E-state index is 13.0. The van der Waals surface area contributed by atoms with Gasteiger partial charge in [0.05, 0.1) is 11.9 Å². The van der Waals surface area contributed by atoms with Crippen molar-refractivity contribution in [3.05, 3.63) is 29.6 Å². The molecule has 0 radical (unpaired) electrons. The molecule has 0 heterocycles. The fourth-order valence-corrected chi connectivity index (χ4v) is 2.73. The molecule has 0 bridgehead atoms. The molecule has 0 atom stereocenters. The molecule has 0 aliphatic heterocycles. The van der Waals surface area contributed by atoms with E-state index in [9.17, 15) is 17.6 Å². The van der Waals surface area contributed by atoms with Crippen LogP contribution in [-0.2, 0) is 10.0 Å². The van der Waals surface area contributed by atoms with E-state index in [0.29, 0.717) is 26.1 Å². The molecule has 6 nitrogen and oxygen atoms in total. The van der Waals surface area contributed by atoms with E-state index in [1.165, 1.54) is 16.4 Å². The van der Waals surface area contributed by atoms with E-state index in [1.807, 2.05) is 0 Å². The van der Waals surface area contributed by atoms with Crippen LogP contribution in [-0.4, -0.2) is 44.5 Å². The van der Waals surface area contributed by atoms with Crippen LogP contribution in [0.5, 0.6) is 0 Å². The predicted molar refractivity (Wildman–Crippen MR) is 79.9 cm³/mol. The average Bonchev–Trinajstić information content (AvgIpc) is 2.40. The van der Waals surface area contributed by atoms with Crippen molar-refractivity contribution < 1.29 is 17.6 Å². The van der Waals surface area contributed by atoms with Gasteiger partial charge in [0.15, 0.2) is 0 Å². The third-order valence-corrected chi connectivity index (χ3v) is 4.33. The number of hydrogen-bond donors (Lipinski definition) is 2. The second-order valence-corrected chi connectivity index (χ2v) is 6.58. The number of halogens is 1. The Morgan fingerprint density at radius 2 is 2.10 bits per heavy atom. The zero-order valence-corrected chi connectivity index (χ0v) is 12.9. The lowest BCUT2D eigenvalue weighted by atomic mass is 10.2. The molecule has 0 aliphatic carbocycles. The molecule has 0 fully saturated rings. The predicted octanol–water partition coefficient (Wildman–Crippen LogP) is 0.809. The van der Waals surface area contributed by atoms with Gasteiger partial charge in [-0.15, -0.1) is 0 Å². The van der Waals surface area contributed by atoms with Gasteiger partial charge in [-0.05, 0) is 24.6 Å². The number of nitrogens with two attached hydrogens (primary N) is 1. The van der Waals surface area contributed by atoms with Gasteiger partial charge in [-0.1, -0.05) is 6.92 Å². The molecule has 0 aliphatic rings. The van der Waals surface area contributed by atoms with Gasteiger partial charge in [0.1, 0.15) is 5.82 Å². The summed E-state index contributed by atoms with van der Waals surface area (Å²) in [6.45, 7) is 2.80. The molecule has 1 aromatic carbocycles. The molecule has 1 aromatic rings. The summed E-state index contributed by atoms with van der Waals surface area (Å²) in [7, 11) is -3.22. The minimum Gasteiger partial charge on any atom is -0.396 e. The largest absolute Gasteiger partial charge is 0.396 e. The molecule has 1 amide bonds. The summed E-state index contributed by atoms with van der Waals surface area (Å²) >= 11 is 0. The number of carbonyl (C=O) groups excluding carboxylic acids is 1. The summed E-state index contributed by atoms with van der Waals surface area (Å²) in [5.41, 5.74) is 5.57. The highest BCUT2D eigenvalue weighted by atomic mass is 32.2. The molecule has 118 valence electrons. The van der Waals surface area contributed by atoms with E-state index < -0.39 is 15.8 Å². The minimum absolute atomic E-state index is 0.0862. The quantitative estimate of drug-likeness (QED) is 0.575. The van der Waals surface area contributed by atoms with Crippen molar-refractivity contribution in [2.75, 3.05) is 31.6 Å². The van der Waals surface area contributed by atoms with E-state index in [4.69, 9.17) is 5.73 Å². The van der Waals surface area contributed by atoms with Gasteiger partial charge in [-0.25, -0.2) is 17.1 Å². The van der Waals surface area contributed by atoms with Gasteiger partial charge < -0.3 is 11.1 Å². The molecule has 0 saturated heterocycles. The number of amides is 1. The number of hydrogen-bond acceptors (Lipinski definition) is 4.